The molecular formula is C61H106O6. The van der Waals surface area contributed by atoms with E-state index in [1.165, 1.54) is 135 Å². The predicted octanol–water partition coefficient (Wildman–Crippen LogP) is 19.0. The third-order valence-corrected chi connectivity index (χ3v) is 12.2. The summed E-state index contributed by atoms with van der Waals surface area (Å²) in [6.07, 6.45) is 70.4. The van der Waals surface area contributed by atoms with Crippen LogP contribution >= 0.6 is 0 Å². The van der Waals surface area contributed by atoms with E-state index >= 15 is 0 Å². The first-order chi connectivity index (χ1) is 33.0. The summed E-state index contributed by atoms with van der Waals surface area (Å²) in [6.45, 7) is 6.51. The van der Waals surface area contributed by atoms with Crippen molar-refractivity contribution in [3.05, 3.63) is 72.9 Å². The van der Waals surface area contributed by atoms with Crippen LogP contribution in [0.5, 0.6) is 0 Å². The average Bonchev–Trinajstić information content (AvgIpc) is 3.33. The second-order valence-corrected chi connectivity index (χ2v) is 18.8. The van der Waals surface area contributed by atoms with E-state index in [0.717, 1.165) is 103 Å². The lowest BCUT2D eigenvalue weighted by Gasteiger charge is -2.18. The Bertz CT molecular complexity index is 1260. The molecule has 0 amide bonds. The Balaban J connectivity index is 4.27. The first-order valence-corrected chi connectivity index (χ1v) is 28.4. The Morgan fingerprint density at radius 1 is 0.313 bits per heavy atom. The van der Waals surface area contributed by atoms with Gasteiger partial charge in [0.25, 0.3) is 0 Å². The van der Waals surface area contributed by atoms with Crippen molar-refractivity contribution in [1.29, 1.82) is 0 Å². The van der Waals surface area contributed by atoms with Crippen LogP contribution in [0, 0.1) is 0 Å². The lowest BCUT2D eigenvalue weighted by Crippen LogP contribution is -2.30. The zero-order valence-electron chi connectivity index (χ0n) is 44.2. The molecule has 0 saturated heterocycles. The van der Waals surface area contributed by atoms with Gasteiger partial charge in [0.05, 0.1) is 0 Å². The molecule has 386 valence electrons. The first kappa shape index (κ1) is 63.8. The molecule has 1 atom stereocenters. The monoisotopic (exact) mass is 935 g/mol. The summed E-state index contributed by atoms with van der Waals surface area (Å²) in [5.74, 6) is -0.885. The van der Waals surface area contributed by atoms with E-state index in [1.807, 2.05) is 0 Å². The molecular weight excluding hydrogens is 829 g/mol. The molecule has 67 heavy (non-hydrogen) atoms. The highest BCUT2D eigenvalue weighted by atomic mass is 16.6. The van der Waals surface area contributed by atoms with Gasteiger partial charge in [-0.15, -0.1) is 0 Å². The number of carbonyl (C=O) groups excluding carboxylic acids is 3. The van der Waals surface area contributed by atoms with Crippen LogP contribution in [0.1, 0.15) is 278 Å². The van der Waals surface area contributed by atoms with Gasteiger partial charge >= 0.3 is 17.9 Å². The molecule has 0 bridgehead atoms. The van der Waals surface area contributed by atoms with Crippen molar-refractivity contribution in [1.82, 2.24) is 0 Å². The van der Waals surface area contributed by atoms with Crippen molar-refractivity contribution in [2.45, 2.75) is 284 Å². The van der Waals surface area contributed by atoms with E-state index < -0.39 is 6.10 Å². The molecule has 6 heteroatoms. The third-order valence-electron chi connectivity index (χ3n) is 12.2. The van der Waals surface area contributed by atoms with Gasteiger partial charge in [0.2, 0.25) is 0 Å². The molecule has 0 aromatic carbocycles. The van der Waals surface area contributed by atoms with Gasteiger partial charge in [0, 0.05) is 19.3 Å². The number of esters is 3. The van der Waals surface area contributed by atoms with Crippen molar-refractivity contribution < 1.29 is 28.6 Å². The zero-order valence-corrected chi connectivity index (χ0v) is 44.2. The molecule has 0 aliphatic rings. The maximum Gasteiger partial charge on any atom is 0.306 e. The maximum absolute atomic E-state index is 12.8. The second kappa shape index (κ2) is 55.4. The molecule has 0 aliphatic carbocycles. The molecule has 0 fully saturated rings. The molecule has 0 aromatic heterocycles. The minimum atomic E-state index is -0.777. The lowest BCUT2D eigenvalue weighted by atomic mass is 10.0. The zero-order chi connectivity index (χ0) is 48.6. The molecule has 0 spiro atoms. The van der Waals surface area contributed by atoms with Gasteiger partial charge in [-0.05, 0) is 70.6 Å². The van der Waals surface area contributed by atoms with Crippen LogP contribution in [0.15, 0.2) is 72.9 Å². The molecule has 0 radical (unpaired) electrons. The Morgan fingerprint density at radius 2 is 0.582 bits per heavy atom. The average molecular weight is 936 g/mol. The highest BCUT2D eigenvalue weighted by molar-refractivity contribution is 5.71. The van der Waals surface area contributed by atoms with Gasteiger partial charge in [-0.25, -0.2) is 0 Å². The summed E-state index contributed by atoms with van der Waals surface area (Å²) in [4.78, 5) is 38.0. The number of carbonyl (C=O) groups is 3. The van der Waals surface area contributed by atoms with E-state index in [2.05, 4.69) is 93.7 Å². The fourth-order valence-electron chi connectivity index (χ4n) is 7.98. The molecule has 0 rings (SSSR count). The van der Waals surface area contributed by atoms with Crippen LogP contribution in [-0.2, 0) is 28.6 Å². The molecule has 0 heterocycles. The summed E-state index contributed by atoms with van der Waals surface area (Å²) < 4.78 is 16.8. The SMILES string of the molecule is CC/C=C\C/C=C\C/C=C\C/C=C\C/C=C\C/C=C\CCCCCCCCC(=O)OCC(COC(=O)CCCCCCCCCCC)OC(=O)CCCCCCCCCCCCCCCCC. The van der Waals surface area contributed by atoms with Crippen LogP contribution in [-0.4, -0.2) is 37.2 Å². The number of ether oxygens (including phenoxy) is 3. The summed E-state index contributed by atoms with van der Waals surface area (Å²) in [5, 5.41) is 0. The number of rotatable bonds is 51. The van der Waals surface area contributed by atoms with Crippen molar-refractivity contribution in [3.8, 4) is 0 Å². The molecule has 6 nitrogen and oxygen atoms in total. The second-order valence-electron chi connectivity index (χ2n) is 18.8. The van der Waals surface area contributed by atoms with Crippen LogP contribution in [0.2, 0.25) is 0 Å². The van der Waals surface area contributed by atoms with Crippen LogP contribution in [0.3, 0.4) is 0 Å². The standard InChI is InChI=1S/C61H106O6/c1-4-7-10-13-16-19-21-23-25-26-27-28-29-30-31-32-33-34-36-37-39-42-45-48-51-54-60(63)66-57-58(56-65-59(62)53-50-47-44-41-18-15-12-9-6-3)67-61(64)55-52-49-46-43-40-38-35-24-22-20-17-14-11-8-5-2/h7,10,16,19,23,25,27-28,30-31,33-34,58H,4-6,8-9,11-15,17-18,20-22,24,26,29,32,35-57H2,1-3H3/b10-7-,19-16-,25-23-,28-27-,31-30-,34-33-. The topological polar surface area (TPSA) is 78.9 Å². The Hall–Kier alpha value is -3.15. The summed E-state index contributed by atoms with van der Waals surface area (Å²) >= 11 is 0. The number of hydrogen-bond acceptors (Lipinski definition) is 6. The summed E-state index contributed by atoms with van der Waals surface area (Å²) in [5.41, 5.74) is 0. The number of unbranched alkanes of at least 4 members (excludes halogenated alkanes) is 28. The fraction of sp³-hybridized carbons (Fsp3) is 0.754. The van der Waals surface area contributed by atoms with Gasteiger partial charge in [-0.2, -0.15) is 0 Å². The van der Waals surface area contributed by atoms with Crippen LogP contribution < -0.4 is 0 Å². The highest BCUT2D eigenvalue weighted by Gasteiger charge is 2.19. The van der Waals surface area contributed by atoms with Crippen LogP contribution in [0.25, 0.3) is 0 Å². The molecule has 0 aromatic rings. The quantitative estimate of drug-likeness (QED) is 0.0262. The largest absolute Gasteiger partial charge is 0.462 e. The Kier molecular flexibility index (Phi) is 52.8. The van der Waals surface area contributed by atoms with Crippen molar-refractivity contribution >= 4 is 17.9 Å². The van der Waals surface area contributed by atoms with Crippen LogP contribution in [0.4, 0.5) is 0 Å². The van der Waals surface area contributed by atoms with Crippen molar-refractivity contribution in [2.24, 2.45) is 0 Å². The minimum Gasteiger partial charge on any atom is -0.462 e. The summed E-state index contributed by atoms with van der Waals surface area (Å²) in [7, 11) is 0. The normalized spacial score (nSPS) is 12.6. The van der Waals surface area contributed by atoms with Gasteiger partial charge < -0.3 is 14.2 Å². The fourth-order valence-corrected chi connectivity index (χ4v) is 7.98. The highest BCUT2D eigenvalue weighted by Crippen LogP contribution is 2.16. The Morgan fingerprint density at radius 3 is 0.910 bits per heavy atom. The van der Waals surface area contributed by atoms with Gasteiger partial charge in [0.1, 0.15) is 13.2 Å². The maximum atomic E-state index is 12.8. The number of hydrogen-bond donors (Lipinski definition) is 0. The van der Waals surface area contributed by atoms with Crippen molar-refractivity contribution in [3.63, 3.8) is 0 Å². The number of allylic oxidation sites excluding steroid dienone is 12. The molecule has 0 saturated carbocycles. The van der Waals surface area contributed by atoms with Gasteiger partial charge in [-0.3, -0.25) is 14.4 Å². The predicted molar refractivity (Wildman–Crippen MR) is 288 cm³/mol. The van der Waals surface area contributed by atoms with E-state index in [1.54, 1.807) is 0 Å². The Labute approximate surface area is 414 Å². The van der Waals surface area contributed by atoms with Gasteiger partial charge in [-0.1, -0.05) is 261 Å². The van der Waals surface area contributed by atoms with E-state index in [4.69, 9.17) is 14.2 Å². The smallest absolute Gasteiger partial charge is 0.306 e. The third kappa shape index (κ3) is 53.7. The summed E-state index contributed by atoms with van der Waals surface area (Å²) in [6, 6.07) is 0. The van der Waals surface area contributed by atoms with E-state index in [0.29, 0.717) is 19.3 Å². The molecule has 1 unspecified atom stereocenters. The van der Waals surface area contributed by atoms with Crippen molar-refractivity contribution in [2.75, 3.05) is 13.2 Å². The molecule has 0 N–H and O–H groups in total. The van der Waals surface area contributed by atoms with E-state index in [9.17, 15) is 14.4 Å². The first-order valence-electron chi connectivity index (χ1n) is 28.4. The lowest BCUT2D eigenvalue weighted by molar-refractivity contribution is -0.167. The minimum absolute atomic E-state index is 0.0767. The van der Waals surface area contributed by atoms with Gasteiger partial charge in [0.15, 0.2) is 6.10 Å². The molecule has 0 aliphatic heterocycles. The van der Waals surface area contributed by atoms with E-state index in [-0.39, 0.29) is 31.1 Å².